The van der Waals surface area contributed by atoms with Crippen LogP contribution in [0.15, 0.2) is 49.3 Å². The molecule has 0 aliphatic carbocycles. The van der Waals surface area contributed by atoms with E-state index < -0.39 is 0 Å². The topological polar surface area (TPSA) is 53.4 Å². The van der Waals surface area contributed by atoms with E-state index in [1.165, 1.54) is 0 Å². The fourth-order valence-electron chi connectivity index (χ4n) is 2.91. The lowest BCUT2D eigenvalue weighted by molar-refractivity contribution is -0.122. The number of nitrogens with zero attached hydrogens (tertiary/aromatic N) is 4. The first-order valence-corrected chi connectivity index (χ1v) is 8.69. The molecular formula is C18H22ClN5O. The minimum Gasteiger partial charge on any atom is -0.352 e. The van der Waals surface area contributed by atoms with E-state index >= 15 is 0 Å². The third-order valence-corrected chi connectivity index (χ3v) is 4.41. The molecule has 1 saturated heterocycles. The first kappa shape index (κ1) is 17.5. The van der Waals surface area contributed by atoms with Gasteiger partial charge in [0, 0.05) is 55.8 Å². The molecule has 1 aromatic carbocycles. The van der Waals surface area contributed by atoms with E-state index in [-0.39, 0.29) is 5.91 Å². The average molecular weight is 360 g/mol. The molecule has 1 amide bonds. The van der Waals surface area contributed by atoms with Crippen LogP contribution in [-0.2, 0) is 4.79 Å². The monoisotopic (exact) mass is 359 g/mol. The molecule has 6 nitrogen and oxygen atoms in total. The third-order valence-electron chi connectivity index (χ3n) is 4.17. The molecule has 2 aromatic rings. The maximum absolute atomic E-state index is 11.8. The van der Waals surface area contributed by atoms with Gasteiger partial charge in [0.05, 0.1) is 6.54 Å². The second kappa shape index (κ2) is 8.18. The SMILES string of the molecule is C=CCNC(=O)CN1CCN(c2nccn2-c2cccc(Cl)c2)CC1. The van der Waals surface area contributed by atoms with Gasteiger partial charge in [-0.15, -0.1) is 6.58 Å². The van der Waals surface area contributed by atoms with Crippen LogP contribution in [0.2, 0.25) is 5.02 Å². The summed E-state index contributed by atoms with van der Waals surface area (Å²) in [6, 6.07) is 7.73. The summed E-state index contributed by atoms with van der Waals surface area (Å²) in [4.78, 5) is 20.7. The van der Waals surface area contributed by atoms with Gasteiger partial charge in [-0.2, -0.15) is 0 Å². The van der Waals surface area contributed by atoms with Gasteiger partial charge >= 0.3 is 0 Å². The summed E-state index contributed by atoms with van der Waals surface area (Å²) in [6.07, 6.45) is 5.42. The van der Waals surface area contributed by atoms with Crippen molar-refractivity contribution in [2.75, 3.05) is 44.2 Å². The van der Waals surface area contributed by atoms with E-state index in [9.17, 15) is 4.79 Å². The molecule has 0 atom stereocenters. The summed E-state index contributed by atoms with van der Waals surface area (Å²) < 4.78 is 2.04. The van der Waals surface area contributed by atoms with Crippen molar-refractivity contribution in [3.63, 3.8) is 0 Å². The Morgan fingerprint density at radius 2 is 2.12 bits per heavy atom. The average Bonchev–Trinajstić information content (AvgIpc) is 3.10. The Labute approximate surface area is 152 Å². The van der Waals surface area contributed by atoms with Crippen molar-refractivity contribution < 1.29 is 4.79 Å². The summed E-state index contributed by atoms with van der Waals surface area (Å²) >= 11 is 6.11. The Balaban J connectivity index is 1.62. The maximum atomic E-state index is 11.8. The zero-order chi connectivity index (χ0) is 17.6. The highest BCUT2D eigenvalue weighted by Crippen LogP contribution is 2.21. The van der Waals surface area contributed by atoms with Gasteiger partial charge in [0.25, 0.3) is 0 Å². The first-order chi connectivity index (χ1) is 12.2. The summed E-state index contributed by atoms with van der Waals surface area (Å²) in [7, 11) is 0. The van der Waals surface area contributed by atoms with Crippen molar-refractivity contribution in [3.8, 4) is 5.69 Å². The lowest BCUT2D eigenvalue weighted by atomic mass is 10.3. The molecular weight excluding hydrogens is 338 g/mol. The van der Waals surface area contributed by atoms with Crippen LogP contribution in [0.4, 0.5) is 5.95 Å². The smallest absolute Gasteiger partial charge is 0.234 e. The number of hydrogen-bond acceptors (Lipinski definition) is 4. The van der Waals surface area contributed by atoms with Crippen LogP contribution in [0.25, 0.3) is 5.69 Å². The second-order valence-corrected chi connectivity index (χ2v) is 6.37. The number of carbonyl (C=O) groups excluding carboxylic acids is 1. The van der Waals surface area contributed by atoms with Crippen molar-refractivity contribution >= 4 is 23.5 Å². The highest BCUT2D eigenvalue weighted by molar-refractivity contribution is 6.30. The third kappa shape index (κ3) is 4.41. The van der Waals surface area contributed by atoms with Gasteiger partial charge in [-0.1, -0.05) is 23.7 Å². The van der Waals surface area contributed by atoms with Crippen molar-refractivity contribution in [1.29, 1.82) is 0 Å². The van der Waals surface area contributed by atoms with Crippen LogP contribution in [-0.4, -0.2) is 59.6 Å². The maximum Gasteiger partial charge on any atom is 0.234 e. The van der Waals surface area contributed by atoms with Gasteiger partial charge in [-0.3, -0.25) is 14.3 Å². The number of hydrogen-bond donors (Lipinski definition) is 1. The van der Waals surface area contributed by atoms with Gasteiger partial charge in [0.2, 0.25) is 11.9 Å². The van der Waals surface area contributed by atoms with Crippen molar-refractivity contribution in [1.82, 2.24) is 19.8 Å². The zero-order valence-corrected chi connectivity index (χ0v) is 14.8. The highest BCUT2D eigenvalue weighted by atomic mass is 35.5. The van der Waals surface area contributed by atoms with Crippen LogP contribution in [0, 0.1) is 0 Å². The van der Waals surface area contributed by atoms with Crippen molar-refractivity contribution in [2.24, 2.45) is 0 Å². The molecule has 0 saturated carbocycles. The Morgan fingerprint density at radius 3 is 2.84 bits per heavy atom. The molecule has 0 unspecified atom stereocenters. The fraction of sp³-hybridized carbons (Fsp3) is 0.333. The number of benzene rings is 1. The summed E-state index contributed by atoms with van der Waals surface area (Å²) in [5.74, 6) is 0.937. The van der Waals surface area contributed by atoms with E-state index in [2.05, 4.69) is 26.7 Å². The lowest BCUT2D eigenvalue weighted by Gasteiger charge is -2.35. The summed E-state index contributed by atoms with van der Waals surface area (Å²) in [5, 5.41) is 3.51. The number of halogens is 1. The van der Waals surface area contributed by atoms with Crippen molar-refractivity contribution in [3.05, 3.63) is 54.3 Å². The van der Waals surface area contributed by atoms with Gasteiger partial charge < -0.3 is 10.2 Å². The molecule has 2 heterocycles. The number of amides is 1. The molecule has 1 aliphatic rings. The Morgan fingerprint density at radius 1 is 1.32 bits per heavy atom. The minimum atomic E-state index is 0.0359. The van der Waals surface area contributed by atoms with Gasteiger partial charge in [0.15, 0.2) is 0 Å². The highest BCUT2D eigenvalue weighted by Gasteiger charge is 2.22. The standard InChI is InChI=1S/C18H22ClN5O/c1-2-6-20-17(25)14-22-9-11-23(12-10-22)18-21-7-8-24(18)16-5-3-4-15(19)13-16/h2-5,7-8,13H,1,6,9-12,14H2,(H,20,25). The molecule has 1 fully saturated rings. The molecule has 25 heavy (non-hydrogen) atoms. The van der Waals surface area contributed by atoms with Gasteiger partial charge in [0.1, 0.15) is 0 Å². The Bertz CT molecular complexity index is 737. The largest absolute Gasteiger partial charge is 0.352 e. The predicted octanol–water partition coefficient (Wildman–Crippen LogP) is 1.95. The van der Waals surface area contributed by atoms with Gasteiger partial charge in [-0.25, -0.2) is 4.98 Å². The zero-order valence-electron chi connectivity index (χ0n) is 14.1. The van der Waals surface area contributed by atoms with E-state index in [0.29, 0.717) is 18.1 Å². The lowest BCUT2D eigenvalue weighted by Crippen LogP contribution is -2.50. The first-order valence-electron chi connectivity index (χ1n) is 8.31. The van der Waals surface area contributed by atoms with E-state index in [4.69, 9.17) is 11.6 Å². The molecule has 1 aromatic heterocycles. The molecule has 1 aliphatic heterocycles. The number of rotatable bonds is 6. The van der Waals surface area contributed by atoms with Crippen LogP contribution in [0.5, 0.6) is 0 Å². The number of nitrogens with one attached hydrogen (secondary N) is 1. The number of imidazole rings is 1. The summed E-state index contributed by atoms with van der Waals surface area (Å²) in [6.45, 7) is 7.83. The van der Waals surface area contributed by atoms with Crippen LogP contribution >= 0.6 is 11.6 Å². The molecule has 1 N–H and O–H groups in total. The molecule has 132 valence electrons. The number of carbonyl (C=O) groups is 1. The molecule has 0 radical (unpaired) electrons. The van der Waals surface area contributed by atoms with Crippen LogP contribution < -0.4 is 10.2 Å². The summed E-state index contributed by atoms with van der Waals surface area (Å²) in [5.41, 5.74) is 0.992. The minimum absolute atomic E-state index is 0.0359. The van der Waals surface area contributed by atoms with Gasteiger partial charge in [-0.05, 0) is 18.2 Å². The fourth-order valence-corrected chi connectivity index (χ4v) is 3.09. The predicted molar refractivity (Wildman–Crippen MR) is 100 cm³/mol. The van der Waals surface area contributed by atoms with Crippen molar-refractivity contribution in [2.45, 2.75) is 0 Å². The molecule has 0 bridgehead atoms. The number of anilines is 1. The molecule has 7 heteroatoms. The normalized spacial score (nSPS) is 15.2. The number of piperazine rings is 1. The van der Waals surface area contributed by atoms with Crippen LogP contribution in [0.1, 0.15) is 0 Å². The van der Waals surface area contributed by atoms with E-state index in [1.807, 2.05) is 35.0 Å². The quantitative estimate of drug-likeness (QED) is 0.801. The van der Waals surface area contributed by atoms with Crippen LogP contribution in [0.3, 0.4) is 0 Å². The Kier molecular flexibility index (Phi) is 5.73. The van der Waals surface area contributed by atoms with E-state index in [1.54, 1.807) is 12.3 Å². The second-order valence-electron chi connectivity index (χ2n) is 5.93. The molecule has 3 rings (SSSR count). The Hall–Kier alpha value is -2.31. The van der Waals surface area contributed by atoms with E-state index in [0.717, 1.165) is 37.8 Å². The molecule has 0 spiro atoms. The number of aromatic nitrogens is 2.